The highest BCUT2D eigenvalue weighted by molar-refractivity contribution is 6.30. The molecule has 1 unspecified atom stereocenters. The molecule has 1 aromatic heterocycles. The van der Waals surface area contributed by atoms with E-state index in [0.717, 1.165) is 22.6 Å². The first-order valence-electron chi connectivity index (χ1n) is 6.47. The lowest BCUT2D eigenvalue weighted by Crippen LogP contribution is -2.36. The topological polar surface area (TPSA) is 53.1 Å². The van der Waals surface area contributed by atoms with Crippen LogP contribution in [0.15, 0.2) is 24.3 Å². The Balaban J connectivity index is 2.40. The third-order valence-electron chi connectivity index (χ3n) is 3.54. The highest BCUT2D eigenvalue weighted by Gasteiger charge is 2.28. The smallest absolute Gasteiger partial charge is 0.130 e. The van der Waals surface area contributed by atoms with E-state index in [1.807, 2.05) is 45.2 Å². The lowest BCUT2D eigenvalue weighted by Gasteiger charge is -2.27. The summed E-state index contributed by atoms with van der Waals surface area (Å²) in [7, 11) is 3.48. The standard InChI is InChI=1S/C15H20ClN3O/c1-10-11(14(16)19(3)18-10)9-15(2,17)12-7-5-6-8-13(12)20-4/h5-8H,9,17H2,1-4H3. The Morgan fingerprint density at radius 1 is 1.40 bits per heavy atom. The minimum atomic E-state index is -0.579. The molecule has 0 aliphatic heterocycles. The SMILES string of the molecule is COc1ccccc1C(C)(N)Cc1c(C)nn(C)c1Cl. The van der Waals surface area contributed by atoms with Crippen LogP contribution in [0.5, 0.6) is 5.75 Å². The van der Waals surface area contributed by atoms with E-state index in [1.165, 1.54) is 0 Å². The van der Waals surface area contributed by atoms with Gasteiger partial charge in [0, 0.05) is 23.7 Å². The predicted octanol–water partition coefficient (Wildman–Crippen LogP) is 2.81. The van der Waals surface area contributed by atoms with Crippen LogP contribution in [-0.4, -0.2) is 16.9 Å². The van der Waals surface area contributed by atoms with Crippen molar-refractivity contribution in [3.63, 3.8) is 0 Å². The number of ether oxygens (including phenoxy) is 1. The van der Waals surface area contributed by atoms with Crippen LogP contribution in [0.1, 0.15) is 23.7 Å². The van der Waals surface area contributed by atoms with Crippen molar-refractivity contribution in [3.8, 4) is 5.75 Å². The Kier molecular flexibility index (Phi) is 4.06. The van der Waals surface area contributed by atoms with Gasteiger partial charge in [-0.2, -0.15) is 5.10 Å². The molecule has 2 aromatic rings. The quantitative estimate of drug-likeness (QED) is 0.943. The first-order valence-corrected chi connectivity index (χ1v) is 6.85. The van der Waals surface area contributed by atoms with Gasteiger partial charge in [0.25, 0.3) is 0 Å². The third kappa shape index (κ3) is 2.67. The first-order chi connectivity index (χ1) is 9.36. The van der Waals surface area contributed by atoms with Crippen molar-refractivity contribution < 1.29 is 4.74 Å². The van der Waals surface area contributed by atoms with E-state index in [4.69, 9.17) is 22.1 Å². The average molecular weight is 294 g/mol. The highest BCUT2D eigenvalue weighted by atomic mass is 35.5. The van der Waals surface area contributed by atoms with E-state index in [9.17, 15) is 0 Å². The first kappa shape index (κ1) is 14.9. The predicted molar refractivity (Wildman–Crippen MR) is 81.2 cm³/mol. The van der Waals surface area contributed by atoms with Crippen molar-refractivity contribution >= 4 is 11.6 Å². The van der Waals surface area contributed by atoms with Crippen LogP contribution in [0, 0.1) is 6.92 Å². The number of hydrogen-bond acceptors (Lipinski definition) is 3. The molecule has 0 aliphatic rings. The number of nitrogens with zero attached hydrogens (tertiary/aromatic N) is 2. The second-order valence-corrected chi connectivity index (χ2v) is 5.63. The number of aryl methyl sites for hydroxylation is 2. The van der Waals surface area contributed by atoms with E-state index in [2.05, 4.69) is 5.10 Å². The summed E-state index contributed by atoms with van der Waals surface area (Å²) < 4.78 is 7.07. The zero-order chi connectivity index (χ0) is 14.9. The third-order valence-corrected chi connectivity index (χ3v) is 4.01. The van der Waals surface area contributed by atoms with E-state index in [1.54, 1.807) is 11.8 Å². The van der Waals surface area contributed by atoms with Crippen molar-refractivity contribution in [2.75, 3.05) is 7.11 Å². The molecule has 0 radical (unpaired) electrons. The molecule has 0 spiro atoms. The number of halogens is 1. The number of rotatable bonds is 4. The summed E-state index contributed by atoms with van der Waals surface area (Å²) in [6, 6.07) is 7.79. The molecule has 0 saturated heterocycles. The molecular formula is C15H20ClN3O. The highest BCUT2D eigenvalue weighted by Crippen LogP contribution is 2.33. The molecule has 0 bridgehead atoms. The number of methoxy groups -OCH3 is 1. The lowest BCUT2D eigenvalue weighted by atomic mass is 9.86. The molecule has 4 nitrogen and oxygen atoms in total. The number of benzene rings is 1. The second kappa shape index (κ2) is 5.46. The van der Waals surface area contributed by atoms with Gasteiger partial charge >= 0.3 is 0 Å². The summed E-state index contributed by atoms with van der Waals surface area (Å²) in [4.78, 5) is 0. The fourth-order valence-corrected chi connectivity index (χ4v) is 2.69. The van der Waals surface area contributed by atoms with Gasteiger partial charge in [-0.3, -0.25) is 4.68 Å². The van der Waals surface area contributed by atoms with Gasteiger partial charge in [-0.25, -0.2) is 0 Å². The molecule has 0 amide bonds. The van der Waals surface area contributed by atoms with Crippen LogP contribution in [0.4, 0.5) is 0 Å². The Morgan fingerprint density at radius 2 is 2.05 bits per heavy atom. The van der Waals surface area contributed by atoms with Crippen molar-refractivity contribution in [2.24, 2.45) is 12.8 Å². The Morgan fingerprint density at radius 3 is 2.60 bits per heavy atom. The molecular weight excluding hydrogens is 274 g/mol. The molecule has 20 heavy (non-hydrogen) atoms. The maximum absolute atomic E-state index is 6.52. The molecule has 1 atom stereocenters. The van der Waals surface area contributed by atoms with E-state index in [-0.39, 0.29) is 0 Å². The van der Waals surface area contributed by atoms with Gasteiger partial charge in [0.05, 0.1) is 12.8 Å². The Hall–Kier alpha value is -1.52. The van der Waals surface area contributed by atoms with Gasteiger partial charge in [-0.15, -0.1) is 0 Å². The normalized spacial score (nSPS) is 14.1. The second-order valence-electron chi connectivity index (χ2n) is 5.27. The molecule has 108 valence electrons. The monoisotopic (exact) mass is 293 g/mol. The molecule has 5 heteroatoms. The summed E-state index contributed by atoms with van der Waals surface area (Å²) in [5, 5.41) is 4.96. The summed E-state index contributed by atoms with van der Waals surface area (Å²) >= 11 is 6.29. The number of aromatic nitrogens is 2. The molecule has 2 N–H and O–H groups in total. The number of para-hydroxylation sites is 1. The van der Waals surface area contributed by atoms with E-state index >= 15 is 0 Å². The number of hydrogen-bond donors (Lipinski definition) is 1. The van der Waals surface area contributed by atoms with Crippen LogP contribution in [0.2, 0.25) is 5.15 Å². The molecule has 1 aromatic carbocycles. The summed E-state index contributed by atoms with van der Waals surface area (Å²) in [6.45, 7) is 3.92. The van der Waals surface area contributed by atoms with Crippen molar-refractivity contribution in [2.45, 2.75) is 25.8 Å². The van der Waals surface area contributed by atoms with Crippen molar-refractivity contribution in [1.82, 2.24) is 9.78 Å². The minimum absolute atomic E-state index is 0.579. The summed E-state index contributed by atoms with van der Waals surface area (Å²) in [5.74, 6) is 0.787. The van der Waals surface area contributed by atoms with Gasteiger partial charge in [-0.1, -0.05) is 29.8 Å². The molecule has 0 aliphatic carbocycles. The zero-order valence-electron chi connectivity index (χ0n) is 12.3. The molecule has 2 rings (SSSR count). The van der Waals surface area contributed by atoms with E-state index in [0.29, 0.717) is 11.6 Å². The fraction of sp³-hybridized carbons (Fsp3) is 0.400. The fourth-order valence-electron chi connectivity index (χ4n) is 2.45. The largest absolute Gasteiger partial charge is 0.496 e. The van der Waals surface area contributed by atoms with Crippen molar-refractivity contribution in [1.29, 1.82) is 0 Å². The van der Waals surface area contributed by atoms with Crippen LogP contribution in [0.3, 0.4) is 0 Å². The van der Waals surface area contributed by atoms with Crippen LogP contribution in [-0.2, 0) is 19.0 Å². The lowest BCUT2D eigenvalue weighted by molar-refractivity contribution is 0.386. The van der Waals surface area contributed by atoms with Gasteiger partial charge in [0.1, 0.15) is 10.9 Å². The van der Waals surface area contributed by atoms with E-state index < -0.39 is 5.54 Å². The van der Waals surface area contributed by atoms with Crippen molar-refractivity contribution in [3.05, 3.63) is 46.2 Å². The molecule has 0 saturated carbocycles. The van der Waals surface area contributed by atoms with Crippen LogP contribution < -0.4 is 10.5 Å². The van der Waals surface area contributed by atoms with Gasteiger partial charge in [0.15, 0.2) is 0 Å². The van der Waals surface area contributed by atoms with Gasteiger partial charge < -0.3 is 10.5 Å². The summed E-state index contributed by atoms with van der Waals surface area (Å²) in [5.41, 5.74) is 8.78. The zero-order valence-corrected chi connectivity index (χ0v) is 13.0. The van der Waals surface area contributed by atoms with Crippen LogP contribution in [0.25, 0.3) is 0 Å². The van der Waals surface area contributed by atoms with Crippen LogP contribution >= 0.6 is 11.6 Å². The maximum atomic E-state index is 6.52. The number of nitrogens with two attached hydrogens (primary N) is 1. The van der Waals surface area contributed by atoms with Gasteiger partial charge in [-0.05, 0) is 26.3 Å². The van der Waals surface area contributed by atoms with Gasteiger partial charge in [0.2, 0.25) is 0 Å². The summed E-state index contributed by atoms with van der Waals surface area (Å²) in [6.07, 6.45) is 0.603. The molecule has 0 fully saturated rings. The Bertz CT molecular complexity index is 620. The maximum Gasteiger partial charge on any atom is 0.130 e. The average Bonchev–Trinajstić information content (AvgIpc) is 2.65. The minimum Gasteiger partial charge on any atom is -0.496 e. The molecule has 1 heterocycles. The Labute approximate surface area is 124 Å².